The monoisotopic (exact) mass is 619 g/mol. The van der Waals surface area contributed by atoms with Crippen molar-refractivity contribution in [2.75, 3.05) is 0 Å². The summed E-state index contributed by atoms with van der Waals surface area (Å²) < 4.78 is 22.4. The molecule has 3 aromatic carbocycles. The molecule has 0 saturated heterocycles. The lowest BCUT2D eigenvalue weighted by molar-refractivity contribution is 0.298. The van der Waals surface area contributed by atoms with Gasteiger partial charge in [0.15, 0.2) is 5.75 Å². The minimum atomic E-state index is -0.345. The van der Waals surface area contributed by atoms with E-state index in [4.69, 9.17) is 21.3 Å². The predicted octanol–water partition coefficient (Wildman–Crippen LogP) is 7.69. The van der Waals surface area contributed by atoms with Crippen molar-refractivity contribution < 1.29 is 9.13 Å². The van der Waals surface area contributed by atoms with Gasteiger partial charge in [-0.15, -0.1) is 0 Å². The highest BCUT2D eigenvalue weighted by molar-refractivity contribution is 9.10. The van der Waals surface area contributed by atoms with E-state index >= 15 is 0 Å². The van der Waals surface area contributed by atoms with E-state index in [0.717, 1.165) is 10.9 Å². The van der Waals surface area contributed by atoms with Gasteiger partial charge >= 0.3 is 0 Å². The summed E-state index contributed by atoms with van der Waals surface area (Å²) in [5, 5.41) is 5.27. The Bertz CT molecular complexity index is 1470. The quantitative estimate of drug-likeness (QED) is 0.199. The van der Waals surface area contributed by atoms with Crippen LogP contribution in [0.1, 0.15) is 43.1 Å². The minimum absolute atomic E-state index is 0.0254. The number of hydrogen-bond donors (Lipinski definition) is 0. The third-order valence-corrected chi connectivity index (χ3v) is 6.92. The van der Waals surface area contributed by atoms with E-state index in [9.17, 15) is 9.18 Å². The van der Waals surface area contributed by atoms with Crippen molar-refractivity contribution in [2.24, 2.45) is 5.10 Å². The van der Waals surface area contributed by atoms with Crippen molar-refractivity contribution in [2.45, 2.75) is 32.8 Å². The number of benzene rings is 3. The molecule has 4 aromatic rings. The Hall–Kier alpha value is -2.55. The number of nitrogens with zero attached hydrogens (tertiary/aromatic N) is 3. The van der Waals surface area contributed by atoms with Crippen LogP contribution in [0, 0.1) is 5.82 Å². The summed E-state index contributed by atoms with van der Waals surface area (Å²) in [4.78, 5) is 18.0. The van der Waals surface area contributed by atoms with Gasteiger partial charge in [0.05, 0.1) is 26.6 Å². The van der Waals surface area contributed by atoms with Crippen LogP contribution >= 0.6 is 43.5 Å². The molecule has 0 aliphatic rings. The maximum Gasteiger partial charge on any atom is 0.282 e. The second-order valence-electron chi connectivity index (χ2n) is 8.00. The zero-order chi connectivity index (χ0) is 25.1. The second-order valence-corrected chi connectivity index (χ2v) is 10.2. The molecule has 4 rings (SSSR count). The van der Waals surface area contributed by atoms with E-state index in [2.05, 4.69) is 37.0 Å². The first-order valence-electron chi connectivity index (χ1n) is 10.9. The number of ether oxygens (including phenoxy) is 1. The smallest absolute Gasteiger partial charge is 0.282 e. The van der Waals surface area contributed by atoms with E-state index in [1.807, 2.05) is 26.0 Å². The van der Waals surface area contributed by atoms with Crippen molar-refractivity contribution in [3.8, 4) is 5.75 Å². The Balaban J connectivity index is 1.68. The Morgan fingerprint density at radius 2 is 1.97 bits per heavy atom. The molecule has 1 aromatic heterocycles. The van der Waals surface area contributed by atoms with Crippen LogP contribution in [0.15, 0.2) is 73.4 Å². The zero-order valence-electron chi connectivity index (χ0n) is 18.9. The SMILES string of the molecule is CC[C@H](C)c1nc2ccc(Br)cc2c(=O)n1N=Cc1cc(Cl)c(OCc2ccccc2F)c(Br)c1. The number of aromatic nitrogens is 2. The zero-order valence-corrected chi connectivity index (χ0v) is 22.9. The summed E-state index contributed by atoms with van der Waals surface area (Å²) in [6.07, 6.45) is 2.35. The lowest BCUT2D eigenvalue weighted by Crippen LogP contribution is -2.23. The Morgan fingerprint density at radius 3 is 2.69 bits per heavy atom. The third-order valence-electron chi connectivity index (χ3n) is 5.56. The molecule has 0 N–H and O–H groups in total. The van der Waals surface area contributed by atoms with Gasteiger partial charge in [-0.2, -0.15) is 9.78 Å². The molecule has 180 valence electrons. The van der Waals surface area contributed by atoms with Crippen LogP contribution in [0.5, 0.6) is 5.75 Å². The largest absolute Gasteiger partial charge is 0.486 e. The van der Waals surface area contributed by atoms with Gasteiger partial charge in [-0.05, 0) is 64.3 Å². The molecule has 1 atom stereocenters. The lowest BCUT2D eigenvalue weighted by Gasteiger charge is -2.14. The molecule has 0 aliphatic heterocycles. The van der Waals surface area contributed by atoms with Gasteiger partial charge < -0.3 is 4.74 Å². The third kappa shape index (κ3) is 5.66. The van der Waals surface area contributed by atoms with Crippen LogP contribution in [-0.2, 0) is 6.61 Å². The second kappa shape index (κ2) is 11.0. The van der Waals surface area contributed by atoms with Gasteiger partial charge in [0, 0.05) is 16.0 Å². The van der Waals surface area contributed by atoms with Crippen molar-refractivity contribution in [1.82, 2.24) is 9.66 Å². The van der Waals surface area contributed by atoms with Crippen molar-refractivity contribution in [1.29, 1.82) is 0 Å². The molecule has 9 heteroatoms. The fourth-order valence-corrected chi connectivity index (χ4v) is 4.81. The van der Waals surface area contributed by atoms with E-state index in [-0.39, 0.29) is 23.9 Å². The maximum atomic E-state index is 13.9. The van der Waals surface area contributed by atoms with Crippen molar-refractivity contribution in [3.63, 3.8) is 0 Å². The van der Waals surface area contributed by atoms with Gasteiger partial charge in [0.2, 0.25) is 0 Å². The summed E-state index contributed by atoms with van der Waals surface area (Å²) in [6.45, 7) is 4.08. The highest BCUT2D eigenvalue weighted by Crippen LogP contribution is 2.35. The minimum Gasteiger partial charge on any atom is -0.486 e. The van der Waals surface area contributed by atoms with Gasteiger partial charge in [0.25, 0.3) is 5.56 Å². The first-order chi connectivity index (χ1) is 16.8. The van der Waals surface area contributed by atoms with Crippen LogP contribution in [0.4, 0.5) is 4.39 Å². The summed E-state index contributed by atoms with van der Waals surface area (Å²) >= 11 is 13.3. The molecular formula is C26H21Br2ClFN3O2. The molecule has 0 amide bonds. The molecule has 0 fully saturated rings. The maximum absolute atomic E-state index is 13.9. The number of rotatable bonds is 7. The first kappa shape index (κ1) is 25.5. The van der Waals surface area contributed by atoms with Gasteiger partial charge in [-0.25, -0.2) is 9.37 Å². The van der Waals surface area contributed by atoms with Crippen LogP contribution in [0.25, 0.3) is 10.9 Å². The molecule has 0 radical (unpaired) electrons. The van der Waals surface area contributed by atoms with Crippen LogP contribution < -0.4 is 10.3 Å². The predicted molar refractivity (Wildman–Crippen MR) is 145 cm³/mol. The molecule has 1 heterocycles. The van der Waals surface area contributed by atoms with E-state index in [1.54, 1.807) is 42.6 Å². The molecule has 0 saturated carbocycles. The van der Waals surface area contributed by atoms with E-state index in [0.29, 0.717) is 43.1 Å². The number of fused-ring (bicyclic) bond motifs is 1. The van der Waals surface area contributed by atoms with E-state index < -0.39 is 0 Å². The lowest BCUT2D eigenvalue weighted by atomic mass is 10.1. The highest BCUT2D eigenvalue weighted by atomic mass is 79.9. The fraction of sp³-hybridized carbons (Fsp3) is 0.192. The highest BCUT2D eigenvalue weighted by Gasteiger charge is 2.16. The fourth-order valence-electron chi connectivity index (χ4n) is 3.46. The van der Waals surface area contributed by atoms with Crippen LogP contribution in [-0.4, -0.2) is 15.9 Å². The standard InChI is InChI=1S/C26H21Br2ClFN3O2/c1-3-15(2)25-32-23-9-8-18(27)12-19(23)26(34)33(25)31-13-16-10-20(28)24(21(29)11-16)35-14-17-6-4-5-7-22(17)30/h4-13,15H,3,14H2,1-2H3/t15-/m0/s1. The summed E-state index contributed by atoms with van der Waals surface area (Å²) in [6, 6.07) is 15.3. The summed E-state index contributed by atoms with van der Waals surface area (Å²) in [5.74, 6) is 0.653. The topological polar surface area (TPSA) is 56.5 Å². The Morgan fingerprint density at radius 1 is 1.20 bits per heavy atom. The Kier molecular flexibility index (Phi) is 8.04. The Labute approximate surface area is 223 Å². The van der Waals surface area contributed by atoms with Crippen LogP contribution in [0.2, 0.25) is 5.02 Å². The first-order valence-corrected chi connectivity index (χ1v) is 12.9. The molecule has 0 aliphatic carbocycles. The average Bonchev–Trinajstić information content (AvgIpc) is 2.83. The molecule has 5 nitrogen and oxygen atoms in total. The molecule has 0 unspecified atom stereocenters. The average molecular weight is 622 g/mol. The molecule has 0 bridgehead atoms. The van der Waals surface area contributed by atoms with Gasteiger partial charge in [-0.1, -0.05) is 59.6 Å². The van der Waals surface area contributed by atoms with Gasteiger partial charge in [-0.3, -0.25) is 4.79 Å². The normalized spacial score (nSPS) is 12.4. The molecule has 0 spiro atoms. The van der Waals surface area contributed by atoms with Crippen LogP contribution in [0.3, 0.4) is 0 Å². The number of hydrogen-bond acceptors (Lipinski definition) is 4. The summed E-state index contributed by atoms with van der Waals surface area (Å²) in [7, 11) is 0. The summed E-state index contributed by atoms with van der Waals surface area (Å²) in [5.41, 5.74) is 1.45. The van der Waals surface area contributed by atoms with Gasteiger partial charge in [0.1, 0.15) is 18.2 Å². The molecular weight excluding hydrogens is 601 g/mol. The van der Waals surface area contributed by atoms with Crippen molar-refractivity contribution >= 4 is 60.6 Å². The van der Waals surface area contributed by atoms with E-state index in [1.165, 1.54) is 10.7 Å². The van der Waals surface area contributed by atoms with Crippen molar-refractivity contribution in [3.05, 3.63) is 102 Å². The number of halogens is 4. The molecule has 35 heavy (non-hydrogen) atoms.